The molecule has 4 rings (SSSR count). The zero-order valence-corrected chi connectivity index (χ0v) is 19.2. The number of nitrogen functional groups attached to an aromatic ring is 1. The number of nitrogens with zero attached hydrogens (tertiary/aromatic N) is 3. The second-order valence-corrected chi connectivity index (χ2v) is 7.77. The molecule has 2 heterocycles. The van der Waals surface area contributed by atoms with Gasteiger partial charge in [0.2, 0.25) is 5.88 Å². The molecule has 0 radical (unpaired) electrons. The number of anilines is 1. The van der Waals surface area contributed by atoms with Crippen molar-refractivity contribution in [1.82, 2.24) is 9.55 Å². The molecule has 0 saturated heterocycles. The van der Waals surface area contributed by atoms with E-state index in [1.54, 1.807) is 25.2 Å². The molecule has 37 heavy (non-hydrogen) atoms. The zero-order chi connectivity index (χ0) is 26.7. The van der Waals surface area contributed by atoms with E-state index in [-0.39, 0.29) is 28.3 Å². The number of alkyl halides is 5. The minimum atomic E-state index is -4.59. The summed E-state index contributed by atoms with van der Waals surface area (Å²) in [5.41, 5.74) is 7.20. The molecule has 0 unspecified atom stereocenters. The minimum Gasteiger partial charge on any atom is -0.468 e. The summed E-state index contributed by atoms with van der Waals surface area (Å²) < 4.78 is 73.6. The van der Waals surface area contributed by atoms with Crippen LogP contribution >= 0.6 is 0 Å². The quantitative estimate of drug-likeness (QED) is 0.206. The van der Waals surface area contributed by atoms with E-state index in [1.807, 2.05) is 0 Å². The third kappa shape index (κ3) is 5.85. The highest BCUT2D eigenvalue weighted by atomic mass is 19.4. The van der Waals surface area contributed by atoms with Gasteiger partial charge in [0, 0.05) is 47.8 Å². The van der Waals surface area contributed by atoms with E-state index in [0.717, 1.165) is 0 Å². The second-order valence-electron chi connectivity index (χ2n) is 7.77. The third-order valence-electron chi connectivity index (χ3n) is 5.21. The Bertz CT molecular complexity index is 1520. The van der Waals surface area contributed by atoms with Gasteiger partial charge in [-0.05, 0) is 42.0 Å². The number of aliphatic imine (C=N–C) groups is 1. The summed E-state index contributed by atoms with van der Waals surface area (Å²) in [6, 6.07) is 12.8. The van der Waals surface area contributed by atoms with E-state index in [9.17, 15) is 26.7 Å². The number of ether oxygens (including phenoxy) is 2. The lowest BCUT2D eigenvalue weighted by molar-refractivity contribution is -0.154. The number of benzene rings is 2. The monoisotopic (exact) mass is 518 g/mol. The minimum absolute atomic E-state index is 0.0149. The molecule has 2 aromatic carbocycles. The molecule has 0 fully saturated rings. The normalized spacial score (nSPS) is 12.0. The van der Waals surface area contributed by atoms with Gasteiger partial charge in [-0.2, -0.15) is 22.0 Å². The fourth-order valence-corrected chi connectivity index (χ4v) is 3.63. The van der Waals surface area contributed by atoms with Crippen LogP contribution in [-0.4, -0.2) is 42.2 Å². The van der Waals surface area contributed by atoms with Crippen LogP contribution in [0.5, 0.6) is 11.6 Å². The molecule has 12 heteroatoms. The van der Waals surface area contributed by atoms with Gasteiger partial charge in [0.25, 0.3) is 5.56 Å². The van der Waals surface area contributed by atoms with Gasteiger partial charge in [0.05, 0.1) is 11.1 Å². The first-order valence-electron chi connectivity index (χ1n) is 10.7. The second kappa shape index (κ2) is 10.2. The SMILES string of the molecule is CN=Cc1cc(-n2cc3ccc(OCC(F)(F)F)nc3c(-c3ccc(OC(F)F)cc3)c2=O)ccc1N. The number of fused-ring (bicyclic) bond motifs is 1. The van der Waals surface area contributed by atoms with E-state index in [4.69, 9.17) is 10.5 Å². The molecule has 0 aliphatic carbocycles. The van der Waals surface area contributed by atoms with E-state index >= 15 is 0 Å². The van der Waals surface area contributed by atoms with E-state index in [0.29, 0.717) is 22.3 Å². The first kappa shape index (κ1) is 25.6. The highest BCUT2D eigenvalue weighted by Gasteiger charge is 2.29. The van der Waals surface area contributed by atoms with Crippen LogP contribution in [0.2, 0.25) is 0 Å². The molecular formula is C25H19F5N4O3. The summed E-state index contributed by atoms with van der Waals surface area (Å²) >= 11 is 0. The Morgan fingerprint density at radius 2 is 1.84 bits per heavy atom. The lowest BCUT2D eigenvalue weighted by Gasteiger charge is -2.15. The average Bonchev–Trinajstić information content (AvgIpc) is 2.84. The van der Waals surface area contributed by atoms with Crippen molar-refractivity contribution in [1.29, 1.82) is 0 Å². The third-order valence-corrected chi connectivity index (χ3v) is 5.21. The van der Waals surface area contributed by atoms with Crippen LogP contribution in [0.1, 0.15) is 5.56 Å². The van der Waals surface area contributed by atoms with E-state index in [1.165, 1.54) is 53.4 Å². The molecule has 192 valence electrons. The maximum Gasteiger partial charge on any atom is 0.422 e. The van der Waals surface area contributed by atoms with Crippen LogP contribution in [0.3, 0.4) is 0 Å². The number of pyridine rings is 2. The predicted molar refractivity (Wildman–Crippen MR) is 129 cm³/mol. The molecule has 0 saturated carbocycles. The summed E-state index contributed by atoms with van der Waals surface area (Å²) in [5, 5.41) is 0.407. The molecule has 4 aromatic rings. The van der Waals surface area contributed by atoms with Crippen molar-refractivity contribution in [3.05, 3.63) is 76.7 Å². The highest BCUT2D eigenvalue weighted by molar-refractivity contribution is 5.93. The Labute approximate surface area is 206 Å². The lowest BCUT2D eigenvalue weighted by Crippen LogP contribution is -2.21. The van der Waals surface area contributed by atoms with Gasteiger partial charge in [-0.15, -0.1) is 0 Å². The number of hydrogen-bond donors (Lipinski definition) is 1. The number of halogens is 5. The molecular weight excluding hydrogens is 499 g/mol. The van der Waals surface area contributed by atoms with Crippen molar-refractivity contribution in [3.63, 3.8) is 0 Å². The first-order chi connectivity index (χ1) is 17.6. The lowest BCUT2D eigenvalue weighted by atomic mass is 10.0. The van der Waals surface area contributed by atoms with E-state index < -0.39 is 25.0 Å². The van der Waals surface area contributed by atoms with Crippen molar-refractivity contribution in [2.45, 2.75) is 12.8 Å². The Kier molecular flexibility index (Phi) is 7.09. The predicted octanol–water partition coefficient (Wildman–Crippen LogP) is 5.23. The maximum absolute atomic E-state index is 13.7. The van der Waals surface area contributed by atoms with Gasteiger partial charge in [-0.1, -0.05) is 12.1 Å². The Morgan fingerprint density at radius 1 is 1.11 bits per heavy atom. The van der Waals surface area contributed by atoms with Crippen molar-refractivity contribution < 1.29 is 31.4 Å². The topological polar surface area (TPSA) is 91.7 Å². The van der Waals surface area contributed by atoms with Gasteiger partial charge in [0.1, 0.15) is 5.75 Å². The van der Waals surface area contributed by atoms with Gasteiger partial charge in [0.15, 0.2) is 6.61 Å². The smallest absolute Gasteiger partial charge is 0.422 e. The molecule has 0 spiro atoms. The average molecular weight is 518 g/mol. The van der Waals surface area contributed by atoms with Crippen molar-refractivity contribution >= 4 is 22.8 Å². The summed E-state index contributed by atoms with van der Waals surface area (Å²) in [7, 11) is 1.57. The first-order valence-corrected chi connectivity index (χ1v) is 10.7. The molecule has 2 aromatic heterocycles. The van der Waals surface area contributed by atoms with Crippen LogP contribution in [0, 0.1) is 0 Å². The van der Waals surface area contributed by atoms with Crippen molar-refractivity contribution in [2.75, 3.05) is 19.4 Å². The van der Waals surface area contributed by atoms with Gasteiger partial charge < -0.3 is 15.2 Å². The summed E-state index contributed by atoms with van der Waals surface area (Å²) in [6.45, 7) is -4.60. The van der Waals surface area contributed by atoms with Crippen LogP contribution in [0.4, 0.5) is 27.6 Å². The zero-order valence-electron chi connectivity index (χ0n) is 19.2. The fourth-order valence-electron chi connectivity index (χ4n) is 3.63. The van der Waals surface area contributed by atoms with Crippen molar-refractivity contribution in [2.24, 2.45) is 4.99 Å². The Morgan fingerprint density at radius 3 is 2.49 bits per heavy atom. The van der Waals surface area contributed by atoms with E-state index in [2.05, 4.69) is 14.7 Å². The molecule has 7 nitrogen and oxygen atoms in total. The molecule has 0 atom stereocenters. The Balaban J connectivity index is 1.93. The summed E-state index contributed by atoms with van der Waals surface area (Å²) in [4.78, 5) is 21.8. The number of hydrogen-bond acceptors (Lipinski definition) is 6. The van der Waals surface area contributed by atoms with Crippen LogP contribution in [0.15, 0.2) is 70.6 Å². The highest BCUT2D eigenvalue weighted by Crippen LogP contribution is 2.29. The van der Waals surface area contributed by atoms with Crippen molar-refractivity contribution in [3.8, 4) is 28.4 Å². The summed E-state index contributed by atoms with van der Waals surface area (Å²) in [6.07, 6.45) is -1.58. The molecule has 0 aliphatic heterocycles. The Hall–Kier alpha value is -4.48. The molecule has 2 N–H and O–H groups in total. The number of aromatic nitrogens is 2. The molecule has 0 bridgehead atoms. The van der Waals surface area contributed by atoms with Crippen LogP contribution in [0.25, 0.3) is 27.7 Å². The maximum atomic E-state index is 13.7. The summed E-state index contributed by atoms with van der Waals surface area (Å²) in [5.74, 6) is -0.474. The fraction of sp³-hybridized carbons (Fsp3) is 0.160. The van der Waals surface area contributed by atoms with Crippen LogP contribution in [-0.2, 0) is 0 Å². The number of rotatable bonds is 7. The standard InChI is InChI=1S/C25H19F5N4O3/c1-32-11-16-10-17(5-8-19(16)31)34-12-15-4-9-20(36-13-25(28,29)30)33-22(15)21(23(34)35)14-2-6-18(7-3-14)37-24(26)27/h2-12,24H,13,31H2,1H3. The largest absolute Gasteiger partial charge is 0.468 e. The van der Waals surface area contributed by atoms with Gasteiger partial charge in [-0.3, -0.25) is 14.4 Å². The molecule has 0 aliphatic rings. The molecule has 0 amide bonds. The van der Waals surface area contributed by atoms with Gasteiger partial charge >= 0.3 is 12.8 Å². The van der Waals surface area contributed by atoms with Crippen LogP contribution < -0.4 is 20.8 Å². The number of nitrogens with two attached hydrogens (primary N) is 1. The van der Waals surface area contributed by atoms with Gasteiger partial charge in [-0.25, -0.2) is 4.98 Å².